The number of hydrogen-bond acceptors (Lipinski definition) is 1. The zero-order valence-electron chi connectivity index (χ0n) is 11.8. The van der Waals surface area contributed by atoms with Gasteiger partial charge in [-0.15, -0.1) is 0 Å². The monoisotopic (exact) mass is 273 g/mol. The van der Waals surface area contributed by atoms with Crippen molar-refractivity contribution in [2.24, 2.45) is 0 Å². The van der Waals surface area contributed by atoms with Crippen LogP contribution in [0.25, 0.3) is 0 Å². The molecular weight excluding hydrogens is 251 g/mol. The largest absolute Gasteiger partial charge is 0.227 e. The van der Waals surface area contributed by atoms with Crippen molar-refractivity contribution in [2.75, 3.05) is 13.3 Å². The van der Waals surface area contributed by atoms with Crippen molar-refractivity contribution in [1.82, 2.24) is 0 Å². The van der Waals surface area contributed by atoms with Gasteiger partial charge in [0.05, 0.1) is 13.3 Å². The highest BCUT2D eigenvalue weighted by Gasteiger charge is 2.39. The van der Waals surface area contributed by atoms with E-state index in [2.05, 4.69) is 74.3 Å². The first-order valence-corrected chi connectivity index (χ1v) is 9.05. The molecule has 0 fully saturated rings. The SMILES string of the molecule is CCCCO[P+](C)(c1ccccc1)c1ccccc1. The van der Waals surface area contributed by atoms with Crippen LogP contribution in [0.3, 0.4) is 0 Å². The summed E-state index contributed by atoms with van der Waals surface area (Å²) < 4.78 is 6.35. The molecule has 0 spiro atoms. The summed E-state index contributed by atoms with van der Waals surface area (Å²) in [5, 5.41) is 2.63. The van der Waals surface area contributed by atoms with Gasteiger partial charge in [-0.2, -0.15) is 0 Å². The van der Waals surface area contributed by atoms with Gasteiger partial charge in [0.1, 0.15) is 10.6 Å². The summed E-state index contributed by atoms with van der Waals surface area (Å²) in [5.74, 6) is 0. The topological polar surface area (TPSA) is 9.23 Å². The van der Waals surface area contributed by atoms with Gasteiger partial charge in [0, 0.05) is 0 Å². The van der Waals surface area contributed by atoms with Gasteiger partial charge >= 0.3 is 0 Å². The molecule has 0 bridgehead atoms. The normalized spacial score (nSPS) is 11.5. The van der Waals surface area contributed by atoms with E-state index in [-0.39, 0.29) is 0 Å². The summed E-state index contributed by atoms with van der Waals surface area (Å²) in [5.41, 5.74) is 0. The third-order valence-corrected chi connectivity index (χ3v) is 6.61. The van der Waals surface area contributed by atoms with Crippen molar-refractivity contribution in [3.8, 4) is 0 Å². The zero-order valence-corrected chi connectivity index (χ0v) is 12.6. The number of rotatable bonds is 6. The Morgan fingerprint density at radius 3 is 1.74 bits per heavy atom. The lowest BCUT2D eigenvalue weighted by atomic mass is 10.4. The smallest absolute Gasteiger partial charge is 0.207 e. The van der Waals surface area contributed by atoms with Gasteiger partial charge in [-0.3, -0.25) is 0 Å². The molecule has 0 atom stereocenters. The fourth-order valence-corrected chi connectivity index (χ4v) is 4.69. The molecule has 2 aromatic rings. The van der Waals surface area contributed by atoms with Crippen LogP contribution in [0.15, 0.2) is 60.7 Å². The quantitative estimate of drug-likeness (QED) is 0.570. The average Bonchev–Trinajstić information content (AvgIpc) is 2.49. The predicted molar refractivity (Wildman–Crippen MR) is 85.9 cm³/mol. The average molecular weight is 273 g/mol. The molecular formula is C17H22OP+. The zero-order chi connectivity index (χ0) is 13.6. The first-order chi connectivity index (χ1) is 9.27. The maximum atomic E-state index is 6.35. The van der Waals surface area contributed by atoms with Crippen LogP contribution in [0.1, 0.15) is 19.8 Å². The lowest BCUT2D eigenvalue weighted by molar-refractivity contribution is 0.342. The van der Waals surface area contributed by atoms with Crippen LogP contribution < -0.4 is 10.6 Å². The highest BCUT2D eigenvalue weighted by Crippen LogP contribution is 2.53. The first-order valence-electron chi connectivity index (χ1n) is 6.89. The molecule has 19 heavy (non-hydrogen) atoms. The highest BCUT2D eigenvalue weighted by molar-refractivity contribution is 7.84. The van der Waals surface area contributed by atoms with Crippen LogP contribution in [-0.4, -0.2) is 13.3 Å². The minimum absolute atomic E-state index is 0.838. The fourth-order valence-electron chi connectivity index (χ4n) is 2.11. The van der Waals surface area contributed by atoms with E-state index in [0.29, 0.717) is 0 Å². The Morgan fingerprint density at radius 2 is 1.32 bits per heavy atom. The summed E-state index contributed by atoms with van der Waals surface area (Å²) in [4.78, 5) is 0. The Kier molecular flexibility index (Phi) is 5.13. The van der Waals surface area contributed by atoms with Crippen LogP contribution in [0.4, 0.5) is 0 Å². The molecule has 1 nitrogen and oxygen atoms in total. The lowest BCUT2D eigenvalue weighted by Gasteiger charge is -2.21. The summed E-state index contributed by atoms with van der Waals surface area (Å²) in [6, 6.07) is 21.3. The molecule has 0 unspecified atom stereocenters. The van der Waals surface area contributed by atoms with E-state index < -0.39 is 7.49 Å². The molecule has 0 radical (unpaired) electrons. The molecule has 2 rings (SSSR count). The molecule has 0 saturated carbocycles. The molecule has 0 aliphatic carbocycles. The van der Waals surface area contributed by atoms with Gasteiger partial charge in [0.15, 0.2) is 0 Å². The van der Waals surface area contributed by atoms with Crippen molar-refractivity contribution in [1.29, 1.82) is 0 Å². The second-order valence-corrected chi connectivity index (χ2v) is 7.92. The van der Waals surface area contributed by atoms with E-state index in [1.165, 1.54) is 17.0 Å². The lowest BCUT2D eigenvalue weighted by Crippen LogP contribution is -2.23. The van der Waals surface area contributed by atoms with Gasteiger partial charge in [0.2, 0.25) is 7.49 Å². The van der Waals surface area contributed by atoms with Gasteiger partial charge in [-0.1, -0.05) is 49.7 Å². The van der Waals surface area contributed by atoms with Crippen molar-refractivity contribution >= 4 is 18.1 Å². The van der Waals surface area contributed by atoms with Crippen molar-refractivity contribution in [3.63, 3.8) is 0 Å². The summed E-state index contributed by atoms with van der Waals surface area (Å²) in [6.07, 6.45) is 2.29. The predicted octanol–water partition coefficient (Wildman–Crippen LogP) is 4.02. The number of unbranched alkanes of at least 4 members (excludes halogenated alkanes) is 1. The second-order valence-electron chi connectivity index (χ2n) is 4.78. The Morgan fingerprint density at radius 1 is 0.842 bits per heavy atom. The van der Waals surface area contributed by atoms with Crippen LogP contribution >= 0.6 is 7.49 Å². The highest BCUT2D eigenvalue weighted by atomic mass is 31.2. The Bertz CT molecular complexity index is 442. The van der Waals surface area contributed by atoms with E-state index in [1.807, 2.05) is 0 Å². The molecule has 0 amide bonds. The number of benzene rings is 2. The molecule has 2 heteroatoms. The van der Waals surface area contributed by atoms with E-state index in [9.17, 15) is 0 Å². The maximum Gasteiger partial charge on any atom is 0.207 e. The van der Waals surface area contributed by atoms with Gasteiger partial charge in [-0.25, -0.2) is 4.52 Å². The number of hydrogen-bond donors (Lipinski definition) is 0. The summed E-state index contributed by atoms with van der Waals surface area (Å²) >= 11 is 0. The molecule has 2 aromatic carbocycles. The van der Waals surface area contributed by atoms with E-state index >= 15 is 0 Å². The summed E-state index contributed by atoms with van der Waals surface area (Å²) in [6.45, 7) is 5.31. The van der Waals surface area contributed by atoms with Crippen molar-refractivity contribution < 1.29 is 4.52 Å². The molecule has 0 saturated heterocycles. The third-order valence-electron chi connectivity index (χ3n) is 3.35. The fraction of sp³-hybridized carbons (Fsp3) is 0.294. The van der Waals surface area contributed by atoms with Crippen LogP contribution in [0.5, 0.6) is 0 Å². The van der Waals surface area contributed by atoms with Crippen molar-refractivity contribution in [2.45, 2.75) is 19.8 Å². The Labute approximate surface area is 117 Å². The summed E-state index contributed by atoms with van der Waals surface area (Å²) in [7, 11) is -1.70. The molecule has 0 aliphatic heterocycles. The molecule has 0 aliphatic rings. The third kappa shape index (κ3) is 3.43. The molecule has 0 heterocycles. The molecule has 100 valence electrons. The van der Waals surface area contributed by atoms with E-state index in [4.69, 9.17) is 4.52 Å². The standard InChI is InChI=1S/C17H22OP/c1-3-4-15-18-19(2,16-11-7-5-8-12-16)17-13-9-6-10-14-17/h5-14H,3-4,15H2,1-2H3/q+1. The molecule has 0 aromatic heterocycles. The minimum Gasteiger partial charge on any atom is -0.227 e. The minimum atomic E-state index is -1.70. The van der Waals surface area contributed by atoms with Crippen molar-refractivity contribution in [3.05, 3.63) is 60.7 Å². The Balaban J connectivity index is 2.33. The second kappa shape index (κ2) is 6.84. The van der Waals surface area contributed by atoms with E-state index in [0.717, 1.165) is 13.0 Å². The Hall–Kier alpha value is -1.17. The maximum absolute atomic E-state index is 6.35. The van der Waals surface area contributed by atoms with Crippen LogP contribution in [-0.2, 0) is 4.52 Å². The molecule has 0 N–H and O–H groups in total. The first kappa shape index (κ1) is 14.2. The van der Waals surface area contributed by atoms with Gasteiger partial charge in [-0.05, 0) is 30.7 Å². The van der Waals surface area contributed by atoms with Crippen LogP contribution in [0.2, 0.25) is 0 Å². The van der Waals surface area contributed by atoms with Gasteiger partial charge in [0.25, 0.3) is 0 Å². The van der Waals surface area contributed by atoms with Crippen LogP contribution in [0, 0.1) is 0 Å². The van der Waals surface area contributed by atoms with Gasteiger partial charge < -0.3 is 0 Å². The van der Waals surface area contributed by atoms with E-state index in [1.54, 1.807) is 0 Å².